The Morgan fingerprint density at radius 2 is 0.742 bits per heavy atom. The first-order valence-corrected chi connectivity index (χ1v) is 34.0. The van der Waals surface area contributed by atoms with Gasteiger partial charge in [-0.05, 0) is 128 Å². The second-order valence-corrected chi connectivity index (χ2v) is 37.4. The smallest absolute Gasteiger partial charge is 0.191 e. The molecule has 0 aliphatic rings. The number of allylic oxidation sites excluding steroid dienone is 2. The minimum absolute atomic E-state index is 0.136. The molecule has 0 aliphatic heterocycles. The summed E-state index contributed by atoms with van der Waals surface area (Å²) in [5.74, 6) is 0.278. The van der Waals surface area contributed by atoms with Gasteiger partial charge in [-0.1, -0.05) is 170 Å². The number of ketones is 2. The van der Waals surface area contributed by atoms with Crippen molar-refractivity contribution in [3.63, 3.8) is 0 Å². The molecule has 0 fully saturated rings. The van der Waals surface area contributed by atoms with Crippen LogP contribution >= 0.6 is 0 Å². The maximum absolute atomic E-state index is 13.0. The monoisotopic (exact) mass is 913 g/mol. The fourth-order valence-corrected chi connectivity index (χ4v) is 9.86. The fraction of sp³-hybridized carbons (Fsp3) is 0.778. The summed E-state index contributed by atoms with van der Waals surface area (Å²) in [6, 6.07) is 6.55. The minimum atomic E-state index is -1.77. The summed E-state index contributed by atoms with van der Waals surface area (Å²) in [7, 11) is -5.12. The summed E-state index contributed by atoms with van der Waals surface area (Å²) in [5, 5.41) is 0.694. The molecule has 0 bridgehead atoms. The lowest BCUT2D eigenvalue weighted by atomic mass is 9.98. The first-order valence-electron chi connectivity index (χ1n) is 25.3. The molecule has 0 aromatic heterocycles. The van der Waals surface area contributed by atoms with Crippen LogP contribution in [0, 0.1) is 0 Å². The van der Waals surface area contributed by atoms with Crippen LogP contribution in [0.1, 0.15) is 207 Å². The second kappa shape index (κ2) is 29.3. The molecule has 0 saturated carbocycles. The van der Waals surface area contributed by atoms with Gasteiger partial charge in [0.25, 0.3) is 0 Å². The van der Waals surface area contributed by atoms with Crippen molar-refractivity contribution in [2.24, 2.45) is 0 Å². The summed E-state index contributed by atoms with van der Waals surface area (Å²) in [4.78, 5) is 25.9. The van der Waals surface area contributed by atoms with Gasteiger partial charge >= 0.3 is 0 Å². The molecular weight excluding hydrogens is 813 g/mol. The molecule has 0 radical (unpaired) electrons. The molecule has 358 valence electrons. The normalized spacial score (nSPS) is 13.5. The minimum Gasteiger partial charge on any atom is -0.417 e. The standard InChI is InChI=1S/C54H100O5Si3/c1-52(2,3)60(10,11)57-43-31-27-25-23-21-19-17-16-18-20-22-24-26-28-34-47-37-38-48(39-41-50(55)35-29-32-44-58-61(12,13)53(4,5)6)49(46-47)40-42-51(56)36-30-33-45-59-62(14,15)54(7,8)9/h37-42,46H,16-36,43-45H2,1-15H3/b41-39+,42-40+. The molecule has 1 aromatic rings. The molecule has 0 amide bonds. The van der Waals surface area contributed by atoms with Crippen LogP contribution in [0.2, 0.25) is 54.4 Å². The zero-order chi connectivity index (χ0) is 46.9. The van der Waals surface area contributed by atoms with Crippen LogP contribution in [0.25, 0.3) is 12.2 Å². The molecule has 5 nitrogen and oxygen atoms in total. The topological polar surface area (TPSA) is 61.8 Å². The molecule has 1 aromatic carbocycles. The zero-order valence-corrected chi connectivity index (χ0v) is 46.6. The predicted molar refractivity (Wildman–Crippen MR) is 280 cm³/mol. The van der Waals surface area contributed by atoms with E-state index in [4.69, 9.17) is 13.3 Å². The molecule has 62 heavy (non-hydrogen) atoms. The van der Waals surface area contributed by atoms with Crippen LogP contribution in [-0.4, -0.2) is 56.3 Å². The van der Waals surface area contributed by atoms with Crippen molar-refractivity contribution < 1.29 is 22.9 Å². The van der Waals surface area contributed by atoms with E-state index in [-0.39, 0.29) is 21.6 Å². The van der Waals surface area contributed by atoms with Gasteiger partial charge in [-0.3, -0.25) is 9.59 Å². The number of aryl methyl sites for hydroxylation is 1. The summed E-state index contributed by atoms with van der Waals surface area (Å²) < 4.78 is 18.9. The van der Waals surface area contributed by atoms with Crippen molar-refractivity contribution in [1.29, 1.82) is 0 Å². The van der Waals surface area contributed by atoms with Gasteiger partial charge in [0.2, 0.25) is 0 Å². The van der Waals surface area contributed by atoms with E-state index in [2.05, 4.69) is 120 Å². The third kappa shape index (κ3) is 25.3. The van der Waals surface area contributed by atoms with Crippen molar-refractivity contribution >= 4 is 48.7 Å². The van der Waals surface area contributed by atoms with Crippen LogP contribution in [0.3, 0.4) is 0 Å². The predicted octanol–water partition coefficient (Wildman–Crippen LogP) is 17.3. The number of benzene rings is 1. The van der Waals surface area contributed by atoms with Crippen molar-refractivity contribution in [2.75, 3.05) is 19.8 Å². The Bertz CT molecular complexity index is 1460. The van der Waals surface area contributed by atoms with Crippen molar-refractivity contribution in [3.8, 4) is 0 Å². The first-order chi connectivity index (χ1) is 28.8. The lowest BCUT2D eigenvalue weighted by Gasteiger charge is -2.36. The third-order valence-electron chi connectivity index (χ3n) is 14.4. The summed E-state index contributed by atoms with van der Waals surface area (Å²) in [6.07, 6.45) is 31.5. The highest BCUT2D eigenvalue weighted by atomic mass is 28.4. The van der Waals surface area contributed by atoms with E-state index in [0.29, 0.717) is 17.9 Å². The molecule has 0 atom stereocenters. The number of unbranched alkanes of at least 4 members (excludes halogenated alkanes) is 15. The van der Waals surface area contributed by atoms with Gasteiger partial charge in [-0.25, -0.2) is 0 Å². The highest BCUT2D eigenvalue weighted by Crippen LogP contribution is 2.38. The van der Waals surface area contributed by atoms with E-state index in [9.17, 15) is 9.59 Å². The van der Waals surface area contributed by atoms with Gasteiger partial charge in [0.05, 0.1) is 0 Å². The number of hydrogen-bond acceptors (Lipinski definition) is 5. The Labute approximate surface area is 388 Å². The van der Waals surface area contributed by atoms with Crippen molar-refractivity contribution in [3.05, 3.63) is 47.0 Å². The fourth-order valence-electron chi connectivity index (χ4n) is 6.59. The quantitative estimate of drug-likeness (QED) is 0.0392. The molecule has 0 saturated heterocycles. The summed E-state index contributed by atoms with van der Waals surface area (Å²) in [6.45, 7) is 36.7. The van der Waals surface area contributed by atoms with Crippen LogP contribution in [0.15, 0.2) is 30.4 Å². The van der Waals surface area contributed by atoms with Gasteiger partial charge in [-0.2, -0.15) is 0 Å². The van der Waals surface area contributed by atoms with Crippen LogP contribution in [-0.2, 0) is 29.3 Å². The lowest BCUT2D eigenvalue weighted by Crippen LogP contribution is -2.40. The van der Waals surface area contributed by atoms with Crippen LogP contribution < -0.4 is 0 Å². The Kier molecular flexibility index (Phi) is 27.7. The molecule has 0 N–H and O–H groups in total. The number of carbonyl (C=O) groups is 2. The highest BCUT2D eigenvalue weighted by molar-refractivity contribution is 6.74. The second-order valence-electron chi connectivity index (χ2n) is 23.0. The number of carbonyl (C=O) groups excluding carboxylic acids is 2. The molecule has 0 heterocycles. The Hall–Kier alpha value is -1.43. The van der Waals surface area contributed by atoms with Gasteiger partial charge < -0.3 is 13.3 Å². The molecular formula is C54H100O5Si3. The number of hydrogen-bond donors (Lipinski definition) is 0. The van der Waals surface area contributed by atoms with Gasteiger partial charge in [0.15, 0.2) is 36.5 Å². The Morgan fingerprint density at radius 3 is 1.10 bits per heavy atom. The maximum atomic E-state index is 13.0. The van der Waals surface area contributed by atoms with Crippen LogP contribution in [0.5, 0.6) is 0 Å². The molecule has 0 spiro atoms. The Balaban J connectivity index is 2.54. The Morgan fingerprint density at radius 1 is 0.435 bits per heavy atom. The van der Waals surface area contributed by atoms with E-state index in [1.54, 1.807) is 12.2 Å². The SMILES string of the molecule is CC(C)(C)[Si](C)(C)OCCCCCCCCCCCCCCCCc1ccc(/C=C/C(=O)CCCCO[Si](C)(C)C(C)(C)C)c(/C=C/C(=O)CCCCO[Si](C)(C)C(C)(C)C)c1. The van der Waals surface area contributed by atoms with Gasteiger partial charge in [0.1, 0.15) is 0 Å². The maximum Gasteiger partial charge on any atom is 0.191 e. The van der Waals surface area contributed by atoms with Crippen LogP contribution in [0.4, 0.5) is 0 Å². The third-order valence-corrected chi connectivity index (χ3v) is 28.0. The zero-order valence-electron chi connectivity index (χ0n) is 43.6. The van der Waals surface area contributed by atoms with E-state index in [0.717, 1.165) is 63.1 Å². The van der Waals surface area contributed by atoms with Crippen molar-refractivity contribution in [1.82, 2.24) is 0 Å². The molecule has 0 aliphatic carbocycles. The largest absolute Gasteiger partial charge is 0.417 e. The number of rotatable bonds is 34. The van der Waals surface area contributed by atoms with E-state index < -0.39 is 25.0 Å². The first kappa shape index (κ1) is 58.6. The average molecular weight is 914 g/mol. The molecule has 0 unspecified atom stereocenters. The van der Waals surface area contributed by atoms with E-state index >= 15 is 0 Å². The summed E-state index contributed by atoms with van der Waals surface area (Å²) >= 11 is 0. The van der Waals surface area contributed by atoms with Gasteiger partial charge in [-0.15, -0.1) is 0 Å². The summed E-state index contributed by atoms with van der Waals surface area (Å²) in [5.41, 5.74) is 3.29. The van der Waals surface area contributed by atoms with Gasteiger partial charge in [0, 0.05) is 32.7 Å². The van der Waals surface area contributed by atoms with E-state index in [1.807, 2.05) is 12.2 Å². The average Bonchev–Trinajstić information content (AvgIpc) is 3.16. The lowest BCUT2D eigenvalue weighted by molar-refractivity contribution is -0.115. The van der Waals surface area contributed by atoms with E-state index in [1.165, 1.54) is 95.5 Å². The molecule has 1 rings (SSSR count). The van der Waals surface area contributed by atoms with Crippen molar-refractivity contribution in [2.45, 2.75) is 252 Å². The highest BCUT2D eigenvalue weighted by Gasteiger charge is 2.38. The molecule has 8 heteroatoms.